The van der Waals surface area contributed by atoms with Gasteiger partial charge >= 0.3 is 6.03 Å². The number of benzene rings is 1. The second-order valence-corrected chi connectivity index (χ2v) is 6.40. The summed E-state index contributed by atoms with van der Waals surface area (Å²) in [6, 6.07) is 12.9. The van der Waals surface area contributed by atoms with Crippen molar-refractivity contribution in [2.75, 3.05) is 13.7 Å². The summed E-state index contributed by atoms with van der Waals surface area (Å²) in [6.07, 6.45) is 3.55. The number of carbonyl (C=O) groups is 1. The van der Waals surface area contributed by atoms with Crippen molar-refractivity contribution in [3.05, 3.63) is 60.2 Å². The van der Waals surface area contributed by atoms with Crippen LogP contribution < -0.4 is 10.1 Å². The Kier molecular flexibility index (Phi) is 6.73. The Labute approximate surface area is 164 Å². The van der Waals surface area contributed by atoms with Gasteiger partial charge in [-0.25, -0.2) is 4.79 Å². The minimum atomic E-state index is -0.160. The third kappa shape index (κ3) is 4.94. The van der Waals surface area contributed by atoms with Gasteiger partial charge in [0.05, 0.1) is 32.0 Å². The zero-order valence-electron chi connectivity index (χ0n) is 16.2. The molecule has 0 fully saturated rings. The minimum Gasteiger partial charge on any atom is -0.496 e. The molecule has 3 aromatic rings. The number of carbonyl (C=O) groups excluding carboxylic acids is 1. The number of furan rings is 1. The third-order valence-corrected chi connectivity index (χ3v) is 4.30. The Hall–Kier alpha value is -3.22. The van der Waals surface area contributed by atoms with Crippen LogP contribution in [0.2, 0.25) is 0 Å². The maximum Gasteiger partial charge on any atom is 0.318 e. The largest absolute Gasteiger partial charge is 0.496 e. The smallest absolute Gasteiger partial charge is 0.318 e. The first-order valence-electron chi connectivity index (χ1n) is 9.35. The molecule has 0 saturated carbocycles. The molecule has 7 nitrogen and oxygen atoms in total. The highest BCUT2D eigenvalue weighted by atomic mass is 16.5. The Balaban J connectivity index is 1.75. The maximum atomic E-state index is 12.6. The van der Waals surface area contributed by atoms with Crippen molar-refractivity contribution in [3.63, 3.8) is 0 Å². The molecule has 0 spiro atoms. The Morgan fingerprint density at radius 3 is 2.82 bits per heavy atom. The standard InChI is InChI=1S/C21H25N3O4/c1-3-4-11-22-21(25)24(15-17-8-7-12-27-17)14-16-13-20(28-23-16)18-9-5-6-10-19(18)26-2/h5-10,12-13H,3-4,11,14-15H2,1-2H3,(H,22,25). The number of urea groups is 1. The van der Waals surface area contributed by atoms with E-state index in [0.29, 0.717) is 42.6 Å². The second-order valence-electron chi connectivity index (χ2n) is 6.40. The van der Waals surface area contributed by atoms with Crippen molar-refractivity contribution in [2.24, 2.45) is 0 Å². The summed E-state index contributed by atoms with van der Waals surface area (Å²) in [7, 11) is 1.61. The fourth-order valence-electron chi connectivity index (χ4n) is 2.83. The molecule has 7 heteroatoms. The summed E-state index contributed by atoms with van der Waals surface area (Å²) in [5, 5.41) is 7.07. The molecule has 2 aromatic heterocycles. The molecule has 0 saturated heterocycles. The molecule has 0 unspecified atom stereocenters. The van der Waals surface area contributed by atoms with E-state index in [-0.39, 0.29) is 6.03 Å². The highest BCUT2D eigenvalue weighted by molar-refractivity contribution is 5.74. The number of methoxy groups -OCH3 is 1. The Morgan fingerprint density at radius 1 is 1.21 bits per heavy atom. The quantitative estimate of drug-likeness (QED) is 0.552. The molecule has 1 aromatic carbocycles. The Morgan fingerprint density at radius 2 is 2.07 bits per heavy atom. The zero-order valence-corrected chi connectivity index (χ0v) is 16.2. The molecule has 0 radical (unpaired) electrons. The van der Waals surface area contributed by atoms with Gasteiger partial charge in [-0.3, -0.25) is 0 Å². The lowest BCUT2D eigenvalue weighted by atomic mass is 10.1. The van der Waals surface area contributed by atoms with Crippen LogP contribution in [-0.2, 0) is 13.1 Å². The number of ether oxygens (including phenoxy) is 1. The lowest BCUT2D eigenvalue weighted by Crippen LogP contribution is -2.39. The van der Waals surface area contributed by atoms with Crippen molar-refractivity contribution < 1.29 is 18.5 Å². The second kappa shape index (κ2) is 9.64. The third-order valence-electron chi connectivity index (χ3n) is 4.30. The summed E-state index contributed by atoms with van der Waals surface area (Å²) < 4.78 is 16.3. The van der Waals surface area contributed by atoms with Gasteiger partial charge in [-0.15, -0.1) is 0 Å². The van der Waals surface area contributed by atoms with E-state index in [2.05, 4.69) is 17.4 Å². The molecule has 2 heterocycles. The highest BCUT2D eigenvalue weighted by Crippen LogP contribution is 2.30. The number of hydrogen-bond acceptors (Lipinski definition) is 5. The van der Waals surface area contributed by atoms with Gasteiger partial charge in [0.2, 0.25) is 0 Å². The predicted molar refractivity (Wildman–Crippen MR) is 105 cm³/mol. The number of nitrogens with zero attached hydrogens (tertiary/aromatic N) is 2. The summed E-state index contributed by atoms with van der Waals surface area (Å²) in [5.74, 6) is 2.01. The first kappa shape index (κ1) is 19.5. The van der Waals surface area contributed by atoms with Crippen LogP contribution in [0.1, 0.15) is 31.2 Å². The van der Waals surface area contributed by atoms with Crippen LogP contribution in [0.15, 0.2) is 57.7 Å². The van der Waals surface area contributed by atoms with Crippen LogP contribution in [0.4, 0.5) is 4.79 Å². The van der Waals surface area contributed by atoms with E-state index < -0.39 is 0 Å². The van der Waals surface area contributed by atoms with Crippen LogP contribution in [0, 0.1) is 0 Å². The van der Waals surface area contributed by atoms with E-state index in [9.17, 15) is 4.79 Å². The summed E-state index contributed by atoms with van der Waals surface area (Å²) in [4.78, 5) is 14.3. The SMILES string of the molecule is CCCCNC(=O)N(Cc1cc(-c2ccccc2OC)on1)Cc1ccco1. The predicted octanol–water partition coefficient (Wildman–Crippen LogP) is 4.46. The molecule has 0 bridgehead atoms. The molecule has 0 aliphatic heterocycles. The lowest BCUT2D eigenvalue weighted by molar-refractivity contribution is 0.185. The zero-order chi connectivity index (χ0) is 19.8. The van der Waals surface area contributed by atoms with Gasteiger partial charge in [0.1, 0.15) is 17.2 Å². The van der Waals surface area contributed by atoms with Gasteiger partial charge in [0, 0.05) is 12.6 Å². The van der Waals surface area contributed by atoms with Crippen molar-refractivity contribution in [2.45, 2.75) is 32.9 Å². The average Bonchev–Trinajstić information content (AvgIpc) is 3.39. The van der Waals surface area contributed by atoms with Crippen molar-refractivity contribution >= 4 is 6.03 Å². The molecule has 148 valence electrons. The minimum absolute atomic E-state index is 0.160. The monoisotopic (exact) mass is 383 g/mol. The fourth-order valence-corrected chi connectivity index (χ4v) is 2.83. The number of aromatic nitrogens is 1. The normalized spacial score (nSPS) is 10.6. The van der Waals surface area contributed by atoms with E-state index in [4.69, 9.17) is 13.7 Å². The number of rotatable bonds is 9. The molecule has 0 aliphatic carbocycles. The molecular weight excluding hydrogens is 358 g/mol. The summed E-state index contributed by atoms with van der Waals surface area (Å²) in [5.41, 5.74) is 1.46. The van der Waals surface area contributed by atoms with E-state index in [1.807, 2.05) is 36.4 Å². The number of hydrogen-bond donors (Lipinski definition) is 1. The van der Waals surface area contributed by atoms with Crippen LogP contribution in [0.25, 0.3) is 11.3 Å². The fraction of sp³-hybridized carbons (Fsp3) is 0.333. The van der Waals surface area contributed by atoms with Gasteiger partial charge in [-0.05, 0) is 30.7 Å². The number of unbranched alkanes of at least 4 members (excludes halogenated alkanes) is 1. The van der Waals surface area contributed by atoms with Crippen molar-refractivity contribution in [1.82, 2.24) is 15.4 Å². The van der Waals surface area contributed by atoms with E-state index in [1.165, 1.54) is 0 Å². The molecule has 0 aliphatic rings. The maximum absolute atomic E-state index is 12.6. The van der Waals surface area contributed by atoms with Crippen LogP contribution in [0.3, 0.4) is 0 Å². The van der Waals surface area contributed by atoms with Crippen molar-refractivity contribution in [3.8, 4) is 17.1 Å². The van der Waals surface area contributed by atoms with E-state index >= 15 is 0 Å². The molecule has 2 amide bonds. The van der Waals surface area contributed by atoms with Crippen LogP contribution >= 0.6 is 0 Å². The number of amides is 2. The first-order valence-corrected chi connectivity index (χ1v) is 9.35. The molecule has 0 atom stereocenters. The van der Waals surface area contributed by atoms with Gasteiger partial charge < -0.3 is 23.9 Å². The number of nitrogens with one attached hydrogen (secondary N) is 1. The van der Waals surface area contributed by atoms with Crippen LogP contribution in [-0.4, -0.2) is 29.7 Å². The van der Waals surface area contributed by atoms with E-state index in [1.54, 1.807) is 24.3 Å². The average molecular weight is 383 g/mol. The first-order chi connectivity index (χ1) is 13.7. The molecular formula is C21H25N3O4. The van der Waals surface area contributed by atoms with Crippen molar-refractivity contribution in [1.29, 1.82) is 0 Å². The van der Waals surface area contributed by atoms with Gasteiger partial charge in [0.15, 0.2) is 5.76 Å². The highest BCUT2D eigenvalue weighted by Gasteiger charge is 2.19. The van der Waals surface area contributed by atoms with Crippen LogP contribution in [0.5, 0.6) is 5.75 Å². The topological polar surface area (TPSA) is 80.7 Å². The van der Waals surface area contributed by atoms with Gasteiger partial charge in [-0.1, -0.05) is 30.6 Å². The Bertz CT molecular complexity index is 873. The molecule has 28 heavy (non-hydrogen) atoms. The number of para-hydroxylation sites is 1. The summed E-state index contributed by atoms with van der Waals surface area (Å²) >= 11 is 0. The van der Waals surface area contributed by atoms with Gasteiger partial charge in [0.25, 0.3) is 0 Å². The lowest BCUT2D eigenvalue weighted by Gasteiger charge is -2.21. The molecule has 3 rings (SSSR count). The summed E-state index contributed by atoms with van der Waals surface area (Å²) in [6.45, 7) is 3.37. The molecule has 1 N–H and O–H groups in total. The van der Waals surface area contributed by atoms with E-state index in [0.717, 1.165) is 18.4 Å². The van der Waals surface area contributed by atoms with Gasteiger partial charge in [-0.2, -0.15) is 0 Å².